The summed E-state index contributed by atoms with van der Waals surface area (Å²) in [6.45, 7) is 1.13. The molecule has 0 radical (unpaired) electrons. The Kier molecular flexibility index (Phi) is 4.78. The first-order chi connectivity index (χ1) is 13.1. The Morgan fingerprint density at radius 3 is 3.07 bits per heavy atom. The summed E-state index contributed by atoms with van der Waals surface area (Å²) >= 11 is 5.98. The van der Waals surface area contributed by atoms with Crippen LogP contribution in [0.2, 0.25) is 5.02 Å². The predicted octanol–water partition coefficient (Wildman–Crippen LogP) is 2.73. The van der Waals surface area contributed by atoms with E-state index in [2.05, 4.69) is 20.6 Å². The molecule has 1 aliphatic rings. The first-order valence-electron chi connectivity index (χ1n) is 8.34. The maximum atomic E-state index is 12.8. The Balaban J connectivity index is 1.54. The molecule has 0 unspecified atom stereocenters. The zero-order valence-electron chi connectivity index (χ0n) is 14.5. The number of benzene rings is 1. The second kappa shape index (κ2) is 7.37. The third kappa shape index (κ3) is 3.79. The molecule has 0 aliphatic carbocycles. The molecule has 10 heteroatoms. The van der Waals surface area contributed by atoms with E-state index in [0.29, 0.717) is 41.1 Å². The molecule has 1 atom stereocenters. The Bertz CT molecular complexity index is 956. The van der Waals surface area contributed by atoms with Crippen molar-refractivity contribution >= 4 is 23.3 Å². The van der Waals surface area contributed by atoms with Crippen LogP contribution < -0.4 is 5.32 Å². The van der Waals surface area contributed by atoms with Crippen molar-refractivity contribution in [2.45, 2.75) is 6.04 Å². The van der Waals surface area contributed by atoms with Gasteiger partial charge in [0.1, 0.15) is 6.04 Å². The van der Waals surface area contributed by atoms with Gasteiger partial charge >= 0.3 is 6.03 Å². The molecule has 1 aromatic carbocycles. The van der Waals surface area contributed by atoms with Gasteiger partial charge in [-0.3, -0.25) is 4.68 Å². The number of carbonyl (C=O) groups is 1. The molecule has 27 heavy (non-hydrogen) atoms. The molecular weight excluding hydrogens is 372 g/mol. The molecule has 4 rings (SSSR count). The van der Waals surface area contributed by atoms with Gasteiger partial charge in [0.25, 0.3) is 5.89 Å². The predicted molar refractivity (Wildman–Crippen MR) is 97.2 cm³/mol. The minimum absolute atomic E-state index is 0.279. The Morgan fingerprint density at radius 1 is 1.41 bits per heavy atom. The number of morpholine rings is 1. The lowest BCUT2D eigenvalue weighted by Gasteiger charge is -2.33. The SMILES string of the molecule is Cn1cc(-c2nc([C@@H]3COCCN3C(=O)Nc3cccc(Cl)c3)no2)cn1. The Hall–Kier alpha value is -2.91. The molecule has 1 saturated heterocycles. The number of nitrogens with zero attached hydrogens (tertiary/aromatic N) is 5. The smallest absolute Gasteiger partial charge is 0.322 e. The van der Waals surface area contributed by atoms with Gasteiger partial charge in [0.2, 0.25) is 0 Å². The number of halogens is 1. The van der Waals surface area contributed by atoms with Crippen LogP contribution in [0, 0.1) is 0 Å². The fraction of sp³-hybridized carbons (Fsp3) is 0.294. The summed E-state index contributed by atoms with van der Waals surface area (Å²) in [7, 11) is 1.80. The average Bonchev–Trinajstić information content (AvgIpc) is 3.31. The van der Waals surface area contributed by atoms with Crippen molar-refractivity contribution in [1.82, 2.24) is 24.8 Å². The average molecular weight is 389 g/mol. The zero-order chi connectivity index (χ0) is 18.8. The first-order valence-corrected chi connectivity index (χ1v) is 8.71. The van der Waals surface area contributed by atoms with E-state index in [9.17, 15) is 4.79 Å². The lowest BCUT2D eigenvalue weighted by atomic mass is 10.2. The summed E-state index contributed by atoms with van der Waals surface area (Å²) < 4.78 is 12.5. The number of carbonyl (C=O) groups excluding carboxylic acids is 1. The molecule has 140 valence electrons. The number of aromatic nitrogens is 4. The molecular formula is C17H17ClN6O3. The molecule has 2 amide bonds. The van der Waals surface area contributed by atoms with Crippen LogP contribution in [0.15, 0.2) is 41.2 Å². The highest BCUT2D eigenvalue weighted by Crippen LogP contribution is 2.26. The number of hydrogen-bond donors (Lipinski definition) is 1. The summed E-state index contributed by atoms with van der Waals surface area (Å²) in [4.78, 5) is 18.8. The van der Waals surface area contributed by atoms with E-state index >= 15 is 0 Å². The number of ether oxygens (including phenoxy) is 1. The maximum absolute atomic E-state index is 12.8. The number of nitrogens with one attached hydrogen (secondary N) is 1. The van der Waals surface area contributed by atoms with Crippen molar-refractivity contribution in [2.24, 2.45) is 7.05 Å². The second-order valence-electron chi connectivity index (χ2n) is 6.09. The van der Waals surface area contributed by atoms with Crippen molar-refractivity contribution in [3.05, 3.63) is 47.5 Å². The Labute approximate surface area is 159 Å². The number of urea groups is 1. The van der Waals surface area contributed by atoms with Gasteiger partial charge in [-0.15, -0.1) is 0 Å². The molecule has 9 nitrogen and oxygen atoms in total. The van der Waals surface area contributed by atoms with Crippen molar-refractivity contribution in [3.8, 4) is 11.5 Å². The molecule has 2 aromatic heterocycles. The van der Waals surface area contributed by atoms with E-state index in [0.717, 1.165) is 0 Å². The summed E-state index contributed by atoms with van der Waals surface area (Å²) in [6, 6.07) is 6.24. The van der Waals surface area contributed by atoms with Crippen molar-refractivity contribution in [2.75, 3.05) is 25.1 Å². The summed E-state index contributed by atoms with van der Waals surface area (Å²) in [5.41, 5.74) is 1.32. The maximum Gasteiger partial charge on any atom is 0.322 e. The number of rotatable bonds is 3. The first kappa shape index (κ1) is 17.5. The van der Waals surface area contributed by atoms with E-state index in [1.807, 2.05) is 0 Å². The monoisotopic (exact) mass is 388 g/mol. The normalized spacial score (nSPS) is 17.1. The highest BCUT2D eigenvalue weighted by atomic mass is 35.5. The number of hydrogen-bond acceptors (Lipinski definition) is 6. The van der Waals surface area contributed by atoms with Crippen molar-refractivity contribution in [1.29, 1.82) is 0 Å². The van der Waals surface area contributed by atoms with Crippen LogP contribution in [-0.4, -0.2) is 50.6 Å². The van der Waals surface area contributed by atoms with Crippen LogP contribution in [0.4, 0.5) is 10.5 Å². The second-order valence-corrected chi connectivity index (χ2v) is 6.52. The lowest BCUT2D eigenvalue weighted by molar-refractivity contribution is 0.0110. The standard InChI is InChI=1S/C17H17ClN6O3/c1-23-9-11(8-19-23)16-21-15(22-27-16)14-10-26-6-5-24(14)17(25)20-13-4-2-3-12(18)7-13/h2-4,7-9,14H,5-6,10H2,1H3,(H,20,25)/t14-/m0/s1. The highest BCUT2D eigenvalue weighted by Gasteiger charge is 2.32. The van der Waals surface area contributed by atoms with E-state index in [1.165, 1.54) is 0 Å². The van der Waals surface area contributed by atoms with Gasteiger partial charge in [-0.05, 0) is 18.2 Å². The van der Waals surface area contributed by atoms with Crippen LogP contribution in [0.25, 0.3) is 11.5 Å². The molecule has 3 aromatic rings. The van der Waals surface area contributed by atoms with Gasteiger partial charge in [-0.1, -0.05) is 22.8 Å². The summed E-state index contributed by atoms with van der Waals surface area (Å²) in [6.07, 6.45) is 3.41. The fourth-order valence-corrected chi connectivity index (χ4v) is 3.03. The molecule has 0 saturated carbocycles. The van der Waals surface area contributed by atoms with Crippen LogP contribution in [0.3, 0.4) is 0 Å². The van der Waals surface area contributed by atoms with Gasteiger partial charge in [-0.2, -0.15) is 10.1 Å². The van der Waals surface area contributed by atoms with Gasteiger partial charge in [0, 0.05) is 30.5 Å². The topological polar surface area (TPSA) is 98.3 Å². The summed E-state index contributed by atoms with van der Waals surface area (Å²) in [5.74, 6) is 0.730. The number of aryl methyl sites for hydroxylation is 1. The van der Waals surface area contributed by atoms with Gasteiger partial charge in [-0.25, -0.2) is 4.79 Å². The minimum Gasteiger partial charge on any atom is -0.377 e. The van der Waals surface area contributed by atoms with Gasteiger partial charge in [0.05, 0.1) is 25.0 Å². The third-order valence-corrected chi connectivity index (χ3v) is 4.39. The van der Waals surface area contributed by atoms with Crippen LogP contribution >= 0.6 is 11.6 Å². The van der Waals surface area contributed by atoms with Gasteiger partial charge in [0.15, 0.2) is 5.82 Å². The number of amides is 2. The molecule has 3 heterocycles. The third-order valence-electron chi connectivity index (χ3n) is 4.16. The van der Waals surface area contributed by atoms with E-state index in [-0.39, 0.29) is 12.6 Å². The summed E-state index contributed by atoms with van der Waals surface area (Å²) in [5, 5.41) is 11.5. The lowest BCUT2D eigenvalue weighted by Crippen LogP contribution is -2.45. The minimum atomic E-state index is -0.452. The quantitative estimate of drug-likeness (QED) is 0.740. The van der Waals surface area contributed by atoms with Crippen LogP contribution in [0.1, 0.15) is 11.9 Å². The van der Waals surface area contributed by atoms with E-state index in [1.54, 1.807) is 53.3 Å². The fourth-order valence-electron chi connectivity index (χ4n) is 2.84. The van der Waals surface area contributed by atoms with Crippen molar-refractivity contribution < 1.29 is 14.1 Å². The van der Waals surface area contributed by atoms with E-state index < -0.39 is 6.04 Å². The van der Waals surface area contributed by atoms with Gasteiger partial charge < -0.3 is 19.5 Å². The molecule has 1 fully saturated rings. The van der Waals surface area contributed by atoms with Crippen LogP contribution in [0.5, 0.6) is 0 Å². The van der Waals surface area contributed by atoms with Crippen molar-refractivity contribution in [3.63, 3.8) is 0 Å². The zero-order valence-corrected chi connectivity index (χ0v) is 15.3. The number of anilines is 1. The molecule has 0 bridgehead atoms. The molecule has 0 spiro atoms. The molecule has 1 aliphatic heterocycles. The largest absolute Gasteiger partial charge is 0.377 e. The highest BCUT2D eigenvalue weighted by molar-refractivity contribution is 6.30. The Morgan fingerprint density at radius 2 is 2.30 bits per heavy atom. The van der Waals surface area contributed by atoms with Crippen LogP contribution in [-0.2, 0) is 11.8 Å². The van der Waals surface area contributed by atoms with E-state index in [4.69, 9.17) is 20.9 Å². The molecule has 1 N–H and O–H groups in total.